The van der Waals surface area contributed by atoms with Crippen LogP contribution in [0.1, 0.15) is 115 Å². The molecule has 4 aromatic carbocycles. The van der Waals surface area contributed by atoms with Crippen molar-refractivity contribution in [3.63, 3.8) is 0 Å². The molecule has 0 aromatic heterocycles. The highest BCUT2D eigenvalue weighted by Gasteiger charge is 2.60. The number of carbonyl (C=O) groups excluding carboxylic acids is 2. The SMILES string of the molecule is CCNCOc1cc(OC)c2c3c1[C@H](O)Nc1cc4c(c(c1-3)CC2)[C@@H](O)[C@H](c1cc(OC)c(O)c(OC[C@H](CO)[C@]23CCC[C@H](C5(N6C(=O)C=CC6=O)CCCCC5)[C@H]2C=Cc2ccccc23)c1)CO4. The van der Waals surface area contributed by atoms with E-state index in [1.807, 2.05) is 31.2 Å². The molecule has 14 heteroatoms. The van der Waals surface area contributed by atoms with Gasteiger partial charge in [-0.1, -0.05) is 69.0 Å². The lowest BCUT2D eigenvalue weighted by atomic mass is 9.47. The lowest BCUT2D eigenvalue weighted by Gasteiger charge is -2.60. The molecule has 7 atom stereocenters. The normalized spacial score (nSPS) is 26.0. The number of aliphatic hydroxyl groups excluding tert-OH is 3. The van der Waals surface area contributed by atoms with Gasteiger partial charge in [0.05, 0.1) is 51.2 Å². The Morgan fingerprint density at radius 3 is 2.37 bits per heavy atom. The number of rotatable bonds is 14. The molecule has 70 heavy (non-hydrogen) atoms. The molecule has 0 saturated heterocycles. The molecule has 6 N–H and O–H groups in total. The third kappa shape index (κ3) is 7.10. The van der Waals surface area contributed by atoms with Crippen molar-refractivity contribution in [1.82, 2.24) is 10.2 Å². The van der Waals surface area contributed by atoms with E-state index in [1.54, 1.807) is 24.1 Å². The number of ether oxygens (including phenoxy) is 5. The molecule has 0 radical (unpaired) electrons. The number of aromatic hydroxyl groups is 1. The van der Waals surface area contributed by atoms with Crippen molar-refractivity contribution in [1.29, 1.82) is 0 Å². The number of phenols is 1. The van der Waals surface area contributed by atoms with Gasteiger partial charge >= 0.3 is 0 Å². The smallest absolute Gasteiger partial charge is 0.254 e. The summed E-state index contributed by atoms with van der Waals surface area (Å²) in [6.07, 6.45) is 13.1. The standard InChI is InChI=1S/C56H63N3O11/c1-4-57-30-70-43-26-41(66-2)34-15-16-35-48-40(58-54(65)51(43)50(34)48)25-42-49(35)52(63)36(29-69-42)32-23-44(67-3)53(64)45(24-32)68-28-33(27-60)56-22-10-13-38(39(56)17-14-31-11-6-7-12-37(31)56)55(20-8-5-9-21-55)59-46(61)18-19-47(59)62/h6-7,11-12,14,17-19,23-26,33,36,38-39,52,54,57-58,60,63-65H,4-5,8-10,13,15-16,20-22,27-30H2,1-3H3/t33-,36-,38-,39+,52-,54-,56-/m0/s1. The number of phenolic OH excluding ortho intramolecular Hbond substituents is 1. The fourth-order valence-electron chi connectivity index (χ4n) is 14.0. The van der Waals surface area contributed by atoms with Gasteiger partial charge in [0.25, 0.3) is 11.8 Å². The topological polar surface area (TPSA) is 189 Å². The molecule has 11 rings (SSSR count). The lowest BCUT2D eigenvalue weighted by Crippen LogP contribution is -2.64. The number of nitrogens with one attached hydrogen (secondary N) is 2. The summed E-state index contributed by atoms with van der Waals surface area (Å²) in [5.74, 6) is 0.0441. The molecular formula is C56H63N3O11. The van der Waals surface area contributed by atoms with Crippen LogP contribution in [0.25, 0.3) is 17.2 Å². The van der Waals surface area contributed by atoms with Crippen molar-refractivity contribution >= 4 is 23.6 Å². The highest BCUT2D eigenvalue weighted by molar-refractivity contribution is 6.13. The van der Waals surface area contributed by atoms with Gasteiger partial charge in [0.1, 0.15) is 24.0 Å². The zero-order chi connectivity index (χ0) is 48.5. The third-order valence-corrected chi connectivity index (χ3v) is 17.0. The number of anilines is 1. The second kappa shape index (κ2) is 18.3. The summed E-state index contributed by atoms with van der Waals surface area (Å²) in [6.45, 7) is 2.87. The minimum Gasteiger partial charge on any atom is -0.502 e. The second-order valence-corrected chi connectivity index (χ2v) is 20.1. The van der Waals surface area contributed by atoms with E-state index in [0.29, 0.717) is 59.0 Å². The molecular weight excluding hydrogens is 891 g/mol. The molecule has 0 unspecified atom stereocenters. The predicted molar refractivity (Wildman–Crippen MR) is 262 cm³/mol. The number of fused-ring (bicyclic) bond motifs is 5. The molecule has 2 fully saturated rings. The summed E-state index contributed by atoms with van der Waals surface area (Å²) in [4.78, 5) is 28.8. The first kappa shape index (κ1) is 46.3. The van der Waals surface area contributed by atoms with E-state index in [0.717, 1.165) is 84.7 Å². The number of methoxy groups -OCH3 is 2. The first-order valence-corrected chi connectivity index (χ1v) is 25.1. The van der Waals surface area contributed by atoms with Gasteiger partial charge in [-0.15, -0.1) is 0 Å². The van der Waals surface area contributed by atoms with Gasteiger partial charge in [0.2, 0.25) is 5.75 Å². The van der Waals surface area contributed by atoms with E-state index in [1.165, 1.54) is 19.3 Å². The Morgan fingerprint density at radius 2 is 1.61 bits per heavy atom. The summed E-state index contributed by atoms with van der Waals surface area (Å²) in [5.41, 5.74) is 7.03. The summed E-state index contributed by atoms with van der Waals surface area (Å²) in [6, 6.07) is 15.4. The second-order valence-electron chi connectivity index (χ2n) is 20.1. The number of hydrogen-bond donors (Lipinski definition) is 6. The number of hydrogen-bond acceptors (Lipinski definition) is 13. The molecule has 4 aliphatic carbocycles. The minimum absolute atomic E-state index is 0.0330. The molecule has 368 valence electrons. The zero-order valence-electron chi connectivity index (χ0n) is 40.1. The predicted octanol–water partition coefficient (Wildman–Crippen LogP) is 7.74. The van der Waals surface area contributed by atoms with E-state index in [-0.39, 0.29) is 67.5 Å². The van der Waals surface area contributed by atoms with E-state index < -0.39 is 35.1 Å². The third-order valence-electron chi connectivity index (χ3n) is 17.0. The average Bonchev–Trinajstić information content (AvgIpc) is 3.73. The number of imide groups is 1. The maximum Gasteiger partial charge on any atom is 0.254 e. The van der Waals surface area contributed by atoms with Crippen LogP contribution in [-0.4, -0.2) is 90.0 Å². The van der Waals surface area contributed by atoms with Crippen LogP contribution in [0.3, 0.4) is 0 Å². The zero-order valence-corrected chi connectivity index (χ0v) is 40.1. The van der Waals surface area contributed by atoms with Gasteiger partial charge in [-0.2, -0.15) is 0 Å². The molecule has 2 amide bonds. The largest absolute Gasteiger partial charge is 0.502 e. The Kier molecular flexibility index (Phi) is 12.1. The Labute approximate surface area is 408 Å². The molecule has 4 aromatic rings. The Balaban J connectivity index is 0.937. The van der Waals surface area contributed by atoms with Crippen molar-refractivity contribution in [3.05, 3.63) is 106 Å². The Hall–Kier alpha value is -6.06. The summed E-state index contributed by atoms with van der Waals surface area (Å²) >= 11 is 0. The van der Waals surface area contributed by atoms with Crippen LogP contribution in [0.5, 0.6) is 34.5 Å². The molecule has 3 aliphatic heterocycles. The van der Waals surface area contributed by atoms with Crippen molar-refractivity contribution in [3.8, 4) is 45.6 Å². The Bertz CT molecular complexity index is 2780. The van der Waals surface area contributed by atoms with Crippen LogP contribution in [0.2, 0.25) is 0 Å². The van der Waals surface area contributed by atoms with Crippen molar-refractivity contribution in [2.24, 2.45) is 17.8 Å². The van der Waals surface area contributed by atoms with Gasteiger partial charge in [-0.25, -0.2) is 0 Å². The van der Waals surface area contributed by atoms with Gasteiger partial charge in [-0.3, -0.25) is 19.8 Å². The highest BCUT2D eigenvalue weighted by atomic mass is 16.5. The van der Waals surface area contributed by atoms with E-state index in [9.17, 15) is 30.0 Å². The van der Waals surface area contributed by atoms with E-state index in [2.05, 4.69) is 34.9 Å². The van der Waals surface area contributed by atoms with Crippen LogP contribution in [0.15, 0.2) is 66.8 Å². The number of benzene rings is 4. The number of allylic oxidation sites excluding steroid dienone is 1. The van der Waals surface area contributed by atoms with Gasteiger partial charge in [0.15, 0.2) is 17.7 Å². The maximum absolute atomic E-state index is 13.6. The maximum atomic E-state index is 13.6. The van der Waals surface area contributed by atoms with Crippen LogP contribution < -0.4 is 34.3 Å². The number of amides is 2. The first-order chi connectivity index (χ1) is 34.1. The Morgan fingerprint density at radius 1 is 0.857 bits per heavy atom. The van der Waals surface area contributed by atoms with Crippen LogP contribution >= 0.6 is 0 Å². The van der Waals surface area contributed by atoms with Crippen molar-refractivity contribution < 1.29 is 53.7 Å². The summed E-state index contributed by atoms with van der Waals surface area (Å²) < 4.78 is 31.1. The molecule has 7 aliphatic rings. The van der Waals surface area contributed by atoms with Crippen LogP contribution in [0.4, 0.5) is 5.69 Å². The quantitative estimate of drug-likeness (QED) is 0.0410. The van der Waals surface area contributed by atoms with Crippen LogP contribution in [-0.2, 0) is 27.8 Å². The molecule has 14 nitrogen and oxygen atoms in total. The van der Waals surface area contributed by atoms with Gasteiger partial charge in [0, 0.05) is 69.5 Å². The first-order valence-electron chi connectivity index (χ1n) is 25.1. The average molecular weight is 954 g/mol. The van der Waals surface area contributed by atoms with Crippen LogP contribution in [0, 0.1) is 17.8 Å². The summed E-state index contributed by atoms with van der Waals surface area (Å²) in [5, 5.41) is 54.0. The number of aliphatic hydroxyl groups is 3. The molecule has 0 bridgehead atoms. The monoisotopic (exact) mass is 953 g/mol. The van der Waals surface area contributed by atoms with E-state index in [4.69, 9.17) is 23.7 Å². The van der Waals surface area contributed by atoms with Gasteiger partial charge < -0.3 is 49.4 Å². The fraction of sp³-hybridized carbons (Fsp3) is 0.464. The molecule has 2 saturated carbocycles. The van der Waals surface area contributed by atoms with E-state index >= 15 is 0 Å². The lowest BCUT2D eigenvalue weighted by molar-refractivity contribution is -0.153. The number of carbonyl (C=O) groups is 2. The minimum atomic E-state index is -1.06. The highest BCUT2D eigenvalue weighted by Crippen LogP contribution is 2.61. The molecule has 0 spiro atoms. The van der Waals surface area contributed by atoms with Crippen molar-refractivity contribution in [2.75, 3.05) is 52.6 Å². The number of nitrogens with zero attached hydrogens (tertiary/aromatic N) is 1. The van der Waals surface area contributed by atoms with Gasteiger partial charge in [-0.05, 0) is 91.3 Å². The van der Waals surface area contributed by atoms with Crippen molar-refractivity contribution in [2.45, 2.75) is 100 Å². The summed E-state index contributed by atoms with van der Waals surface area (Å²) in [7, 11) is 3.11. The fourth-order valence-corrected chi connectivity index (χ4v) is 14.0. The molecule has 3 heterocycles.